The van der Waals surface area contributed by atoms with Gasteiger partial charge >= 0.3 is 48.3 Å². The van der Waals surface area contributed by atoms with Crippen LogP contribution in [0.4, 0.5) is 0 Å². The molecule has 0 amide bonds. The molecule has 0 spiro atoms. The summed E-state index contributed by atoms with van der Waals surface area (Å²) in [5, 5.41) is 0. The summed E-state index contributed by atoms with van der Waals surface area (Å²) in [5.41, 5.74) is 11.4. The van der Waals surface area contributed by atoms with Gasteiger partial charge in [0.15, 0.2) is 12.5 Å². The largest absolute Gasteiger partial charge is 0.265 e. The van der Waals surface area contributed by atoms with Gasteiger partial charge in [0, 0.05) is 34.6 Å². The Kier molecular flexibility index (Phi) is 22.8. The first-order chi connectivity index (χ1) is 30.4. The van der Waals surface area contributed by atoms with Gasteiger partial charge in [0.1, 0.15) is 36.1 Å². The summed E-state index contributed by atoms with van der Waals surface area (Å²) in [6.45, 7) is 24.5. The first-order valence-electron chi connectivity index (χ1n) is 22.5. The average molecular weight is 1080 g/mol. The van der Waals surface area contributed by atoms with Crippen molar-refractivity contribution in [2.75, 3.05) is 13.2 Å². The first kappa shape index (κ1) is 52.0. The summed E-state index contributed by atoms with van der Waals surface area (Å²) in [4.78, 5) is 3.78. The Morgan fingerprint density at radius 3 is 1.63 bits per heavy atom. The van der Waals surface area contributed by atoms with Crippen LogP contribution in [0.2, 0.25) is 0 Å². The van der Waals surface area contributed by atoms with Gasteiger partial charge in [-0.25, -0.2) is 4.57 Å². The van der Waals surface area contributed by atoms with E-state index in [-0.39, 0.29) is 0 Å². The number of unbranched alkanes of at least 4 members (excludes halogenated alkanes) is 3. The molecule has 9 heteroatoms. The zero-order valence-electron chi connectivity index (χ0n) is 39.2. The van der Waals surface area contributed by atoms with E-state index in [1.165, 1.54) is 44.8 Å². The third kappa shape index (κ3) is 15.8. The first-order valence-corrected chi connectivity index (χ1v) is 29.2. The molecule has 2 aromatic heterocycles. The molecule has 63 heavy (non-hydrogen) atoms. The van der Waals surface area contributed by atoms with Gasteiger partial charge in [-0.3, -0.25) is 4.98 Å². The molecule has 0 fully saturated rings. The molecule has 6 aromatic rings. The van der Waals surface area contributed by atoms with Crippen molar-refractivity contribution in [2.24, 2.45) is 0 Å². The molecule has 0 aliphatic carbocycles. The van der Waals surface area contributed by atoms with Crippen LogP contribution in [-0.4, -0.2) is 27.3 Å². The van der Waals surface area contributed by atoms with Crippen molar-refractivity contribution in [1.82, 2.24) is 14.1 Å². The Bertz CT molecular complexity index is 2150. The second-order valence-corrected chi connectivity index (χ2v) is 22.4. The van der Waals surface area contributed by atoms with E-state index in [0.717, 1.165) is 55.0 Å². The fraction of sp³-hybridized carbons (Fsp3) is 0.407. The quantitative estimate of drug-likeness (QED) is 0.0351. The van der Waals surface area contributed by atoms with Crippen molar-refractivity contribution in [3.8, 4) is 28.8 Å². The summed E-state index contributed by atoms with van der Waals surface area (Å²) in [6, 6.07) is 33.8. The second-order valence-electron chi connectivity index (χ2n) is 17.1. The van der Waals surface area contributed by atoms with Crippen LogP contribution in [0, 0.1) is 6.92 Å². The van der Waals surface area contributed by atoms with Gasteiger partial charge in [-0.2, -0.15) is 4.57 Å². The summed E-state index contributed by atoms with van der Waals surface area (Å²) in [5.74, 6) is 4.34. The van der Waals surface area contributed by atoms with Crippen LogP contribution in [0.25, 0.3) is 11.4 Å². The molecule has 0 radical (unpaired) electrons. The van der Waals surface area contributed by atoms with E-state index in [2.05, 4.69) is 176 Å². The van der Waals surface area contributed by atoms with Crippen LogP contribution in [0.5, 0.6) is 17.4 Å². The zero-order chi connectivity index (χ0) is 45.7. The fourth-order valence-corrected chi connectivity index (χ4v) is 7.72. The van der Waals surface area contributed by atoms with Crippen LogP contribution >= 0.6 is 29.0 Å². The Balaban J connectivity index is 0.000000869. The number of imidazole rings is 1. The monoisotopic (exact) mass is 1080 g/mol. The predicted molar refractivity (Wildman–Crippen MR) is 271 cm³/mol. The van der Waals surface area contributed by atoms with Gasteiger partial charge in [-0.05, 0) is 128 Å². The topological polar surface area (TPSA) is 50.4 Å². The Morgan fingerprint density at radius 1 is 0.651 bits per heavy atom. The molecule has 0 atom stereocenters. The van der Waals surface area contributed by atoms with Crippen molar-refractivity contribution < 1.29 is 27.6 Å². The minimum Gasteiger partial charge on any atom is -0.265 e. The molecule has 0 saturated heterocycles. The van der Waals surface area contributed by atoms with Gasteiger partial charge in [0.2, 0.25) is 0 Å². The Hall–Kier alpha value is -3.68. The fourth-order valence-electron chi connectivity index (χ4n) is 7.72. The number of hydrogen-bond donors (Lipinski definition) is 0. The number of rotatable bonds is 19. The van der Waals surface area contributed by atoms with E-state index in [9.17, 15) is 0 Å². The van der Waals surface area contributed by atoms with Crippen molar-refractivity contribution in [3.05, 3.63) is 161 Å². The van der Waals surface area contributed by atoms with E-state index in [1.807, 2.05) is 36.4 Å². The average Bonchev–Trinajstić information content (AvgIpc) is 3.71. The van der Waals surface area contributed by atoms with Gasteiger partial charge in [-0.1, -0.05) is 111 Å². The summed E-state index contributed by atoms with van der Waals surface area (Å²) in [6.07, 6.45) is 13.1. The Morgan fingerprint density at radius 2 is 1.16 bits per heavy atom. The van der Waals surface area contributed by atoms with Crippen LogP contribution in [0.3, 0.4) is 0 Å². The number of benzene rings is 4. The number of halogens is 2. The van der Waals surface area contributed by atoms with Crippen LogP contribution in [0.15, 0.2) is 122 Å². The number of aromatic nitrogens is 3. The number of aryl methyl sites for hydroxylation is 2. The number of ether oxygens (including phenoxy) is 3. The van der Waals surface area contributed by atoms with Gasteiger partial charge in [-0.15, -0.1) is 0 Å². The molecule has 2 heterocycles. The third-order valence-corrected chi connectivity index (χ3v) is 11.0. The summed E-state index contributed by atoms with van der Waals surface area (Å²) in [7, 11) is 5.04. The second kappa shape index (κ2) is 27.6. The van der Waals surface area contributed by atoms with Crippen LogP contribution < -0.4 is 14.2 Å². The van der Waals surface area contributed by atoms with Crippen LogP contribution in [-0.2, 0) is 26.4 Å². The van der Waals surface area contributed by atoms with Crippen molar-refractivity contribution in [3.63, 3.8) is 0 Å². The smallest absolute Gasteiger partial charge is 0.0267 e. The molecule has 6 rings (SSSR count). The molecule has 6 nitrogen and oxygen atoms in total. The molecule has 0 aliphatic rings. The molecule has 0 unspecified atom stereocenters. The van der Waals surface area contributed by atoms with Crippen molar-refractivity contribution in [1.29, 1.82) is 0 Å². The van der Waals surface area contributed by atoms with E-state index >= 15 is 0 Å². The molecular weight excluding hydrogens is 1010 g/mol. The normalized spacial score (nSPS) is 11.1. The standard InChI is InChI=1S/C49H65N2O3.C5H5N.ClH.HI.Pd/c1-11-40-30-41(54-32-39-21-15-14-16-22-39)29-38(10)49(40)53-28-18-13-12-17-27-52-46-31-50(47-42(34(2)3)23-19-24-43(47)35(4)5)33-51(46)48-44(36(6)7)25-20-26-45(48)37(8)9;1-2-4-6-5-3-1;;;/h14-16,19-26,29-31,33-37H,11-13,17-18,27-28,32H2,1-10H3;1-5H;2*1H;/q+1;;;;+1/p-2. The van der Waals surface area contributed by atoms with Gasteiger partial charge in [0.25, 0.3) is 0 Å². The summed E-state index contributed by atoms with van der Waals surface area (Å²) < 4.78 is 23.9. The van der Waals surface area contributed by atoms with E-state index < -0.39 is 0 Å². The zero-order valence-corrected chi connectivity index (χ0v) is 43.6. The molecule has 4 aromatic carbocycles. The van der Waals surface area contributed by atoms with Crippen LogP contribution in [0.1, 0.15) is 151 Å². The molecule has 0 bridgehead atoms. The third-order valence-electron chi connectivity index (χ3n) is 11.0. The molecule has 343 valence electrons. The molecule has 0 N–H and O–H groups in total. The predicted octanol–water partition coefficient (Wildman–Crippen LogP) is 16.2. The maximum atomic E-state index is 6.74. The maximum Gasteiger partial charge on any atom is 0.0267 e. The minimum absolute atomic E-state index is 0.377. The number of hydrogen-bond acceptors (Lipinski definition) is 4. The van der Waals surface area contributed by atoms with Gasteiger partial charge < -0.3 is 14.2 Å². The number of pyridine rings is 1. The number of nitrogens with zero attached hydrogens (tertiary/aromatic N) is 3. The Labute approximate surface area is 402 Å². The molecule has 0 saturated carbocycles. The van der Waals surface area contributed by atoms with E-state index in [0.29, 0.717) is 56.8 Å². The van der Waals surface area contributed by atoms with Crippen molar-refractivity contribution >= 4 is 29.0 Å². The molecule has 0 aliphatic heterocycles. The SMILES string of the molecule is CCc1cc(OCc2ccccc2)cc(C)c1OCCCCCCOc1cn(-c2c(C(C)C)cccc2C(C)C)[cH+]n1-c1c(C(C)C)cccc1C(C)C.[Cl][Pd-][I].c1ccncc1. The number of para-hydroxylation sites is 2. The summed E-state index contributed by atoms with van der Waals surface area (Å²) >= 11 is 2.50. The minimum atomic E-state index is 0.377. The van der Waals surface area contributed by atoms with E-state index in [4.69, 9.17) is 23.7 Å². The molecular formula is C54H70ClIN3O3Pd. The van der Waals surface area contributed by atoms with Crippen molar-refractivity contribution in [2.45, 2.75) is 132 Å². The van der Waals surface area contributed by atoms with Gasteiger partial charge in [0.05, 0.1) is 6.61 Å². The maximum absolute atomic E-state index is 6.74. The van der Waals surface area contributed by atoms with E-state index in [1.54, 1.807) is 12.4 Å².